The van der Waals surface area contributed by atoms with Crippen LogP contribution >= 0.6 is 22.7 Å². The first-order valence-corrected chi connectivity index (χ1v) is 9.49. The van der Waals surface area contributed by atoms with E-state index in [4.69, 9.17) is 5.26 Å². The summed E-state index contributed by atoms with van der Waals surface area (Å²) < 4.78 is 0.985. The number of benzene rings is 2. The van der Waals surface area contributed by atoms with Gasteiger partial charge in [-0.1, -0.05) is 12.1 Å². The number of nitriles is 1. The first-order valence-electron chi connectivity index (χ1n) is 7.79. The van der Waals surface area contributed by atoms with Gasteiger partial charge in [-0.25, -0.2) is 9.97 Å². The van der Waals surface area contributed by atoms with Crippen molar-refractivity contribution in [1.82, 2.24) is 9.97 Å². The monoisotopic (exact) mass is 376 g/mol. The van der Waals surface area contributed by atoms with Crippen molar-refractivity contribution < 1.29 is 4.79 Å². The normalized spacial score (nSPS) is 10.6. The van der Waals surface area contributed by atoms with Gasteiger partial charge in [-0.2, -0.15) is 5.26 Å². The summed E-state index contributed by atoms with van der Waals surface area (Å²) >= 11 is 2.96. The fourth-order valence-electron chi connectivity index (χ4n) is 2.51. The Balaban J connectivity index is 1.45. The van der Waals surface area contributed by atoms with Crippen LogP contribution in [-0.2, 0) is 6.42 Å². The van der Waals surface area contributed by atoms with Crippen LogP contribution in [0.2, 0.25) is 0 Å². The van der Waals surface area contributed by atoms with Crippen molar-refractivity contribution in [2.45, 2.75) is 6.42 Å². The predicted octanol–water partition coefficient (Wildman–Crippen LogP) is 4.47. The first kappa shape index (κ1) is 16.4. The second-order valence-corrected chi connectivity index (χ2v) is 7.61. The number of hydrogen-bond acceptors (Lipinski definition) is 6. The van der Waals surface area contributed by atoms with E-state index in [0.717, 1.165) is 20.7 Å². The third kappa shape index (κ3) is 3.47. The molecule has 2 aromatic heterocycles. The van der Waals surface area contributed by atoms with Crippen molar-refractivity contribution in [2.24, 2.45) is 0 Å². The van der Waals surface area contributed by atoms with E-state index in [9.17, 15) is 4.79 Å². The molecular weight excluding hydrogens is 364 g/mol. The molecule has 1 amide bonds. The molecule has 2 heterocycles. The number of amides is 1. The van der Waals surface area contributed by atoms with Gasteiger partial charge in [-0.15, -0.1) is 22.7 Å². The summed E-state index contributed by atoms with van der Waals surface area (Å²) in [6.45, 7) is 0. The Morgan fingerprint density at radius 1 is 1.15 bits per heavy atom. The highest BCUT2D eigenvalue weighted by Gasteiger charge is 2.11. The van der Waals surface area contributed by atoms with Crippen molar-refractivity contribution in [3.8, 4) is 6.07 Å². The largest absolute Gasteiger partial charge is 0.298 e. The maximum atomic E-state index is 12.4. The van der Waals surface area contributed by atoms with Crippen LogP contribution in [0.5, 0.6) is 0 Å². The van der Waals surface area contributed by atoms with Crippen molar-refractivity contribution >= 4 is 43.9 Å². The van der Waals surface area contributed by atoms with E-state index in [1.165, 1.54) is 22.7 Å². The van der Waals surface area contributed by atoms with Crippen LogP contribution in [0.3, 0.4) is 0 Å². The van der Waals surface area contributed by atoms with Gasteiger partial charge >= 0.3 is 0 Å². The molecular formula is C19H12N4OS2. The summed E-state index contributed by atoms with van der Waals surface area (Å²) in [6, 6.07) is 15.0. The number of carbonyl (C=O) groups excluding carboxylic acids is 1. The Hall–Kier alpha value is -3.08. The standard InChI is InChI=1S/C19H12N4OS2/c20-9-13-3-1-12(2-4-13)7-15-10-21-19(26-15)23-18(24)14-5-6-16-17(8-14)25-11-22-16/h1-6,8,10-11H,7H2,(H,21,23,24). The zero-order valence-corrected chi connectivity index (χ0v) is 15.1. The van der Waals surface area contributed by atoms with Crippen LogP contribution < -0.4 is 5.32 Å². The lowest BCUT2D eigenvalue weighted by Gasteiger charge is -2.01. The maximum Gasteiger partial charge on any atom is 0.257 e. The zero-order valence-electron chi connectivity index (χ0n) is 13.5. The van der Waals surface area contributed by atoms with Gasteiger partial charge in [-0.3, -0.25) is 10.1 Å². The van der Waals surface area contributed by atoms with Crippen LogP contribution in [0, 0.1) is 11.3 Å². The molecule has 0 fully saturated rings. The fourth-order valence-corrected chi connectivity index (χ4v) is 4.07. The molecule has 0 spiro atoms. The molecule has 0 aliphatic heterocycles. The minimum atomic E-state index is -0.181. The molecule has 0 saturated carbocycles. The van der Waals surface area contributed by atoms with Gasteiger partial charge in [-0.05, 0) is 35.9 Å². The molecule has 0 saturated heterocycles. The number of nitrogens with zero attached hydrogens (tertiary/aromatic N) is 3. The molecule has 126 valence electrons. The van der Waals surface area contributed by atoms with Crippen molar-refractivity contribution in [3.63, 3.8) is 0 Å². The van der Waals surface area contributed by atoms with Gasteiger partial charge in [0, 0.05) is 23.1 Å². The quantitative estimate of drug-likeness (QED) is 0.570. The molecule has 0 radical (unpaired) electrons. The first-order chi connectivity index (χ1) is 12.7. The van der Waals surface area contributed by atoms with Crippen LogP contribution in [0.15, 0.2) is 54.2 Å². The highest BCUT2D eigenvalue weighted by molar-refractivity contribution is 7.16. The van der Waals surface area contributed by atoms with Gasteiger partial charge < -0.3 is 0 Å². The van der Waals surface area contributed by atoms with Gasteiger partial charge in [0.15, 0.2) is 5.13 Å². The molecule has 0 bridgehead atoms. The Kier molecular flexibility index (Phi) is 4.44. The summed E-state index contributed by atoms with van der Waals surface area (Å²) in [6.07, 6.45) is 2.48. The third-order valence-electron chi connectivity index (χ3n) is 3.83. The van der Waals surface area contributed by atoms with Crippen molar-refractivity contribution in [1.29, 1.82) is 5.26 Å². The number of aromatic nitrogens is 2. The summed E-state index contributed by atoms with van der Waals surface area (Å²) in [5.41, 5.74) is 4.99. The maximum absolute atomic E-state index is 12.4. The summed E-state index contributed by atoms with van der Waals surface area (Å²) in [4.78, 5) is 22.0. The van der Waals surface area contributed by atoms with Crippen LogP contribution in [0.25, 0.3) is 10.2 Å². The Bertz CT molecular complexity index is 1120. The van der Waals surface area contributed by atoms with E-state index in [2.05, 4.69) is 21.4 Å². The van der Waals surface area contributed by atoms with E-state index >= 15 is 0 Å². The van der Waals surface area contributed by atoms with Gasteiger partial charge in [0.1, 0.15) is 0 Å². The number of hydrogen-bond donors (Lipinski definition) is 1. The van der Waals surface area contributed by atoms with Crippen molar-refractivity contribution in [3.05, 3.63) is 75.7 Å². The van der Waals surface area contributed by atoms with Gasteiger partial charge in [0.25, 0.3) is 5.91 Å². The molecule has 4 aromatic rings. The molecule has 0 atom stereocenters. The number of nitrogens with one attached hydrogen (secondary N) is 1. The van der Waals surface area contributed by atoms with E-state index in [1.54, 1.807) is 29.9 Å². The van der Waals surface area contributed by atoms with E-state index < -0.39 is 0 Å². The Morgan fingerprint density at radius 2 is 2.00 bits per heavy atom. The van der Waals surface area contributed by atoms with E-state index in [1.807, 2.05) is 24.3 Å². The highest BCUT2D eigenvalue weighted by atomic mass is 32.1. The minimum Gasteiger partial charge on any atom is -0.298 e. The lowest BCUT2D eigenvalue weighted by molar-refractivity contribution is 0.102. The Morgan fingerprint density at radius 3 is 2.81 bits per heavy atom. The lowest BCUT2D eigenvalue weighted by atomic mass is 10.1. The molecule has 26 heavy (non-hydrogen) atoms. The van der Waals surface area contributed by atoms with E-state index in [0.29, 0.717) is 22.7 Å². The summed E-state index contributed by atoms with van der Waals surface area (Å²) in [5, 5.41) is 12.3. The number of fused-ring (bicyclic) bond motifs is 1. The van der Waals surface area contributed by atoms with E-state index in [-0.39, 0.29) is 5.91 Å². The SMILES string of the molecule is N#Cc1ccc(Cc2cnc(NC(=O)c3ccc4ncsc4c3)s2)cc1. The lowest BCUT2D eigenvalue weighted by Crippen LogP contribution is -2.11. The molecule has 1 N–H and O–H groups in total. The zero-order chi connectivity index (χ0) is 17.9. The van der Waals surface area contributed by atoms with Crippen LogP contribution in [-0.4, -0.2) is 15.9 Å². The molecule has 7 heteroatoms. The smallest absolute Gasteiger partial charge is 0.257 e. The average Bonchev–Trinajstić information content (AvgIpc) is 3.31. The number of thiazole rings is 2. The number of anilines is 1. The Labute approximate surface area is 157 Å². The molecule has 5 nitrogen and oxygen atoms in total. The molecule has 4 rings (SSSR count). The number of rotatable bonds is 4. The molecule has 0 aliphatic rings. The highest BCUT2D eigenvalue weighted by Crippen LogP contribution is 2.23. The van der Waals surface area contributed by atoms with Crippen LogP contribution in [0.4, 0.5) is 5.13 Å². The minimum absolute atomic E-state index is 0.181. The average molecular weight is 376 g/mol. The fraction of sp³-hybridized carbons (Fsp3) is 0.0526. The second kappa shape index (κ2) is 7.04. The topological polar surface area (TPSA) is 78.7 Å². The number of carbonyl (C=O) groups is 1. The summed E-state index contributed by atoms with van der Waals surface area (Å²) in [7, 11) is 0. The van der Waals surface area contributed by atoms with Gasteiger partial charge in [0.05, 0.1) is 27.4 Å². The van der Waals surface area contributed by atoms with Crippen LogP contribution in [0.1, 0.15) is 26.4 Å². The summed E-state index contributed by atoms with van der Waals surface area (Å²) in [5.74, 6) is -0.181. The van der Waals surface area contributed by atoms with Gasteiger partial charge in [0.2, 0.25) is 0 Å². The molecule has 0 aliphatic carbocycles. The second-order valence-electron chi connectivity index (χ2n) is 5.61. The molecule has 0 unspecified atom stereocenters. The van der Waals surface area contributed by atoms with Crippen molar-refractivity contribution in [2.75, 3.05) is 5.32 Å². The molecule has 2 aromatic carbocycles. The third-order valence-corrected chi connectivity index (χ3v) is 5.53. The predicted molar refractivity (Wildman–Crippen MR) is 104 cm³/mol.